The van der Waals surface area contributed by atoms with E-state index in [9.17, 15) is 9.59 Å². The standard InChI is InChI=1S/C16H13Br2Cl2N3O2/c1-2-3-4-5-6-23-15(24)13-14(16(23)25)22-12-8(18)10(20)9(19)7(17)11(12)21-13/h2-6H2,1H3. The summed E-state index contributed by atoms with van der Waals surface area (Å²) in [6.45, 7) is 2.48. The van der Waals surface area contributed by atoms with Crippen LogP contribution in [0.5, 0.6) is 0 Å². The fraction of sp³-hybridized carbons (Fsp3) is 0.375. The monoisotopic (exact) mass is 507 g/mol. The highest BCUT2D eigenvalue weighted by Crippen LogP contribution is 2.42. The molecule has 2 heterocycles. The number of fused-ring (bicyclic) bond motifs is 2. The quantitative estimate of drug-likeness (QED) is 0.226. The van der Waals surface area contributed by atoms with Crippen LogP contribution in [0.1, 0.15) is 53.6 Å². The van der Waals surface area contributed by atoms with Gasteiger partial charge in [-0.2, -0.15) is 0 Å². The molecule has 0 atom stereocenters. The molecular formula is C16H13Br2Cl2N3O2. The van der Waals surface area contributed by atoms with E-state index in [0.29, 0.717) is 26.5 Å². The first-order valence-electron chi connectivity index (χ1n) is 7.78. The summed E-state index contributed by atoms with van der Waals surface area (Å²) in [5.74, 6) is -0.833. The lowest BCUT2D eigenvalue weighted by Gasteiger charge is -2.12. The van der Waals surface area contributed by atoms with Gasteiger partial charge in [-0.15, -0.1) is 0 Å². The number of halogens is 4. The third kappa shape index (κ3) is 3.20. The number of unbranched alkanes of at least 4 members (excludes halogenated alkanes) is 3. The van der Waals surface area contributed by atoms with Crippen molar-refractivity contribution in [3.63, 3.8) is 0 Å². The molecule has 25 heavy (non-hydrogen) atoms. The van der Waals surface area contributed by atoms with Crippen LogP contribution in [-0.2, 0) is 0 Å². The van der Waals surface area contributed by atoms with Crippen LogP contribution in [0.2, 0.25) is 10.0 Å². The van der Waals surface area contributed by atoms with Crippen molar-refractivity contribution >= 4 is 77.9 Å². The van der Waals surface area contributed by atoms with E-state index in [1.54, 1.807) is 0 Å². The maximum atomic E-state index is 12.6. The highest BCUT2D eigenvalue weighted by Gasteiger charge is 2.39. The van der Waals surface area contributed by atoms with Crippen molar-refractivity contribution in [2.45, 2.75) is 32.6 Å². The Bertz CT molecular complexity index is 839. The molecule has 0 radical (unpaired) electrons. The van der Waals surface area contributed by atoms with Gasteiger partial charge in [0.05, 0.1) is 19.0 Å². The molecule has 1 aliphatic rings. The summed E-state index contributed by atoms with van der Waals surface area (Å²) in [6.07, 6.45) is 3.89. The van der Waals surface area contributed by atoms with Gasteiger partial charge < -0.3 is 0 Å². The van der Waals surface area contributed by atoms with Gasteiger partial charge in [0.1, 0.15) is 11.0 Å². The molecule has 3 rings (SSSR count). The first kappa shape index (κ1) is 19.0. The summed E-state index contributed by atoms with van der Waals surface area (Å²) in [5.41, 5.74) is 0.876. The summed E-state index contributed by atoms with van der Waals surface area (Å²) in [6, 6.07) is 0. The molecular weight excluding hydrogens is 497 g/mol. The molecule has 2 aromatic rings. The lowest BCUT2D eigenvalue weighted by molar-refractivity contribution is 0.0648. The number of carbonyl (C=O) groups excluding carboxylic acids is 2. The first-order chi connectivity index (χ1) is 11.9. The topological polar surface area (TPSA) is 63.2 Å². The van der Waals surface area contributed by atoms with E-state index in [4.69, 9.17) is 23.2 Å². The van der Waals surface area contributed by atoms with Crippen molar-refractivity contribution in [1.29, 1.82) is 0 Å². The van der Waals surface area contributed by atoms with Crippen LogP contribution in [0.25, 0.3) is 11.0 Å². The van der Waals surface area contributed by atoms with E-state index in [-0.39, 0.29) is 21.4 Å². The van der Waals surface area contributed by atoms with E-state index in [1.807, 2.05) is 0 Å². The number of hydrogen-bond donors (Lipinski definition) is 0. The minimum absolute atomic E-state index is 0.0546. The Labute approximate surface area is 171 Å². The van der Waals surface area contributed by atoms with E-state index < -0.39 is 11.8 Å². The van der Waals surface area contributed by atoms with Gasteiger partial charge in [0.15, 0.2) is 11.4 Å². The van der Waals surface area contributed by atoms with Gasteiger partial charge in [-0.05, 0) is 38.3 Å². The molecule has 0 fully saturated rings. The second kappa shape index (κ2) is 7.47. The van der Waals surface area contributed by atoms with Crippen molar-refractivity contribution in [2.75, 3.05) is 6.54 Å². The Morgan fingerprint density at radius 1 is 0.880 bits per heavy atom. The molecule has 1 aliphatic heterocycles. The molecule has 0 bridgehead atoms. The number of benzene rings is 1. The summed E-state index contributed by atoms with van der Waals surface area (Å²) in [5, 5.41) is 0.534. The fourth-order valence-electron chi connectivity index (χ4n) is 2.69. The van der Waals surface area contributed by atoms with Crippen LogP contribution in [0.15, 0.2) is 8.95 Å². The summed E-state index contributed by atoms with van der Waals surface area (Å²) >= 11 is 19.0. The Hall–Kier alpha value is -0.760. The van der Waals surface area contributed by atoms with Crippen molar-refractivity contribution in [1.82, 2.24) is 14.9 Å². The Morgan fingerprint density at radius 3 is 1.80 bits per heavy atom. The molecule has 0 saturated carbocycles. The minimum atomic E-state index is -0.417. The molecule has 132 valence electrons. The van der Waals surface area contributed by atoms with Gasteiger partial charge in [-0.1, -0.05) is 49.4 Å². The molecule has 9 heteroatoms. The van der Waals surface area contributed by atoms with Crippen LogP contribution >= 0.6 is 55.1 Å². The van der Waals surface area contributed by atoms with Crippen molar-refractivity contribution in [3.05, 3.63) is 30.4 Å². The Balaban J connectivity index is 2.05. The van der Waals surface area contributed by atoms with Gasteiger partial charge in [0.2, 0.25) is 0 Å². The van der Waals surface area contributed by atoms with Crippen LogP contribution < -0.4 is 0 Å². The second-order valence-electron chi connectivity index (χ2n) is 5.70. The number of rotatable bonds is 5. The van der Waals surface area contributed by atoms with Crippen molar-refractivity contribution in [3.8, 4) is 0 Å². The molecule has 0 aliphatic carbocycles. The van der Waals surface area contributed by atoms with Crippen molar-refractivity contribution < 1.29 is 9.59 Å². The lowest BCUT2D eigenvalue weighted by Crippen LogP contribution is -2.30. The summed E-state index contributed by atoms with van der Waals surface area (Å²) in [4.78, 5) is 35.1. The normalized spacial score (nSPS) is 13.9. The van der Waals surface area contributed by atoms with Gasteiger partial charge in [-0.25, -0.2) is 9.97 Å². The molecule has 0 unspecified atom stereocenters. The largest absolute Gasteiger partial charge is 0.281 e. The minimum Gasteiger partial charge on any atom is -0.272 e. The predicted molar refractivity (Wildman–Crippen MR) is 104 cm³/mol. The number of aromatic nitrogens is 2. The fourth-order valence-corrected chi connectivity index (χ4v) is 4.23. The lowest BCUT2D eigenvalue weighted by atomic mass is 10.2. The third-order valence-electron chi connectivity index (χ3n) is 4.02. The maximum absolute atomic E-state index is 12.6. The number of hydrogen-bond acceptors (Lipinski definition) is 4. The SMILES string of the molecule is CCCCCCN1C(=O)c2nc3c(Br)c(Cl)c(Cl)c(Br)c3nc2C1=O. The molecule has 0 spiro atoms. The van der Waals surface area contributed by atoms with E-state index in [2.05, 4.69) is 48.8 Å². The molecule has 0 N–H and O–H groups in total. The number of imide groups is 1. The molecule has 1 aromatic heterocycles. The molecule has 1 aromatic carbocycles. The average molecular weight is 510 g/mol. The van der Waals surface area contributed by atoms with Crippen LogP contribution in [0.4, 0.5) is 0 Å². The zero-order chi connectivity index (χ0) is 18.3. The third-order valence-corrected chi connectivity index (χ3v) is 6.87. The smallest absolute Gasteiger partial charge is 0.272 e. The summed E-state index contributed by atoms with van der Waals surface area (Å²) in [7, 11) is 0. The van der Waals surface area contributed by atoms with Crippen molar-refractivity contribution in [2.24, 2.45) is 0 Å². The number of carbonyl (C=O) groups is 2. The van der Waals surface area contributed by atoms with Gasteiger partial charge in [0.25, 0.3) is 11.8 Å². The highest BCUT2D eigenvalue weighted by atomic mass is 79.9. The Morgan fingerprint density at radius 2 is 1.36 bits per heavy atom. The zero-order valence-corrected chi connectivity index (χ0v) is 17.9. The van der Waals surface area contributed by atoms with Gasteiger partial charge >= 0.3 is 0 Å². The number of amides is 2. The van der Waals surface area contributed by atoms with Crippen LogP contribution in [-0.4, -0.2) is 33.2 Å². The number of nitrogens with zero attached hydrogens (tertiary/aromatic N) is 3. The van der Waals surface area contributed by atoms with Gasteiger partial charge in [0, 0.05) is 6.54 Å². The maximum Gasteiger partial charge on any atom is 0.281 e. The molecule has 2 amide bonds. The van der Waals surface area contributed by atoms with E-state index in [1.165, 1.54) is 4.90 Å². The molecule has 0 saturated heterocycles. The zero-order valence-electron chi connectivity index (χ0n) is 13.2. The van der Waals surface area contributed by atoms with Gasteiger partial charge in [-0.3, -0.25) is 14.5 Å². The summed E-state index contributed by atoms with van der Waals surface area (Å²) < 4.78 is 0.878. The molecule has 5 nitrogen and oxygen atoms in total. The predicted octanol–water partition coefficient (Wildman–Crippen LogP) is 5.64. The Kier molecular flexibility index (Phi) is 5.68. The van der Waals surface area contributed by atoms with E-state index >= 15 is 0 Å². The highest BCUT2D eigenvalue weighted by molar-refractivity contribution is 9.11. The average Bonchev–Trinajstić information content (AvgIpc) is 2.84. The van der Waals surface area contributed by atoms with Crippen LogP contribution in [0.3, 0.4) is 0 Å². The van der Waals surface area contributed by atoms with E-state index in [0.717, 1.165) is 25.7 Å². The first-order valence-corrected chi connectivity index (χ1v) is 10.1. The van der Waals surface area contributed by atoms with Crippen LogP contribution in [0, 0.1) is 0 Å². The second-order valence-corrected chi connectivity index (χ2v) is 8.04.